The number of alkyl halides is 3. The van der Waals surface area contributed by atoms with E-state index in [2.05, 4.69) is 47.5 Å². The Hall–Kier alpha value is -3.06. The zero-order valence-corrected chi connectivity index (χ0v) is 21.8. The van der Waals surface area contributed by atoms with Gasteiger partial charge in [-0.25, -0.2) is 0 Å². The fourth-order valence-corrected chi connectivity index (χ4v) is 5.50. The maximum atomic E-state index is 13.2. The van der Waals surface area contributed by atoms with Crippen LogP contribution in [0.25, 0.3) is 0 Å². The molecule has 37 heavy (non-hydrogen) atoms. The number of carbonyl (C=O) groups is 1. The van der Waals surface area contributed by atoms with Crippen LogP contribution in [0.4, 0.5) is 13.2 Å². The summed E-state index contributed by atoms with van der Waals surface area (Å²) in [5.74, 6) is 0.0946. The van der Waals surface area contributed by atoms with Crippen LogP contribution in [0.1, 0.15) is 43.9 Å². The Morgan fingerprint density at radius 3 is 2.30 bits per heavy atom. The fraction of sp³-hybridized carbons (Fsp3) is 0.433. The number of nitrogens with one attached hydrogen (secondary N) is 1. The first-order chi connectivity index (χ1) is 17.6. The van der Waals surface area contributed by atoms with E-state index in [9.17, 15) is 18.0 Å². The fourth-order valence-electron chi connectivity index (χ4n) is 5.50. The maximum Gasteiger partial charge on any atom is 0.393 e. The highest BCUT2D eigenvalue weighted by Crippen LogP contribution is 2.29. The van der Waals surface area contributed by atoms with Crippen molar-refractivity contribution in [2.45, 2.75) is 58.9 Å². The van der Waals surface area contributed by atoms with Crippen molar-refractivity contribution in [1.29, 1.82) is 0 Å². The second-order valence-corrected chi connectivity index (χ2v) is 10.5. The third-order valence-electron chi connectivity index (χ3n) is 7.12. The molecular weight excluding hydrogens is 475 g/mol. The molecule has 2 heterocycles. The molecule has 4 nitrogen and oxygen atoms in total. The van der Waals surface area contributed by atoms with Crippen LogP contribution in [0.15, 0.2) is 77.5 Å². The van der Waals surface area contributed by atoms with E-state index in [1.54, 1.807) is 17.0 Å². The number of carbonyl (C=O) groups excluding carboxylic acids is 1. The van der Waals surface area contributed by atoms with Crippen molar-refractivity contribution in [2.75, 3.05) is 19.6 Å². The van der Waals surface area contributed by atoms with Gasteiger partial charge < -0.3 is 10.2 Å². The number of likely N-dealkylation sites (tertiary alicyclic amines) is 2. The van der Waals surface area contributed by atoms with Gasteiger partial charge in [-0.2, -0.15) is 13.2 Å². The molecule has 4 rings (SSSR count). The number of nitrogens with zero attached hydrogens (tertiary/aromatic N) is 2. The summed E-state index contributed by atoms with van der Waals surface area (Å²) in [6, 6.07) is 17.3. The summed E-state index contributed by atoms with van der Waals surface area (Å²) in [5.41, 5.74) is 5.21. The average molecular weight is 512 g/mol. The number of benzene rings is 2. The number of amides is 1. The average Bonchev–Trinajstić information content (AvgIpc) is 3.37. The zero-order valence-electron chi connectivity index (χ0n) is 21.8. The minimum atomic E-state index is -4.22. The van der Waals surface area contributed by atoms with Crippen LogP contribution in [0.3, 0.4) is 0 Å². The lowest BCUT2D eigenvalue weighted by molar-refractivity contribution is -0.127. The third kappa shape index (κ3) is 7.48. The maximum absolute atomic E-state index is 13.2. The van der Waals surface area contributed by atoms with Gasteiger partial charge in [0.25, 0.3) is 5.91 Å². The van der Waals surface area contributed by atoms with Gasteiger partial charge in [-0.1, -0.05) is 61.5 Å². The van der Waals surface area contributed by atoms with Gasteiger partial charge in [0.15, 0.2) is 0 Å². The SMILES string of the molecule is C/C(=C\C(C)=C1\C(=O)N(Cc2ccc(CC(F)(F)F)cc2)CC1C)NC1CCN(Cc2ccccc2)C1. The van der Waals surface area contributed by atoms with Gasteiger partial charge in [-0.15, -0.1) is 0 Å². The van der Waals surface area contributed by atoms with Gasteiger partial charge in [0.1, 0.15) is 0 Å². The third-order valence-corrected chi connectivity index (χ3v) is 7.12. The van der Waals surface area contributed by atoms with E-state index >= 15 is 0 Å². The Balaban J connectivity index is 1.34. The summed E-state index contributed by atoms with van der Waals surface area (Å²) in [7, 11) is 0. The molecule has 0 spiro atoms. The number of hydrogen-bond donors (Lipinski definition) is 1. The predicted octanol–water partition coefficient (Wildman–Crippen LogP) is 5.85. The molecule has 1 amide bonds. The summed E-state index contributed by atoms with van der Waals surface area (Å²) < 4.78 is 37.8. The quantitative estimate of drug-likeness (QED) is 0.452. The van der Waals surface area contributed by atoms with E-state index in [1.165, 1.54) is 17.7 Å². The normalized spacial score (nSPS) is 22.6. The molecule has 0 saturated carbocycles. The van der Waals surface area contributed by atoms with E-state index in [0.29, 0.717) is 19.1 Å². The van der Waals surface area contributed by atoms with Gasteiger partial charge in [0.2, 0.25) is 0 Å². The highest BCUT2D eigenvalue weighted by molar-refractivity contribution is 5.97. The number of hydrogen-bond acceptors (Lipinski definition) is 3. The van der Waals surface area contributed by atoms with E-state index in [0.717, 1.165) is 48.5 Å². The van der Waals surface area contributed by atoms with Crippen LogP contribution in [0.5, 0.6) is 0 Å². The lowest BCUT2D eigenvalue weighted by atomic mass is 9.99. The van der Waals surface area contributed by atoms with Crippen molar-refractivity contribution >= 4 is 5.91 Å². The molecule has 2 fully saturated rings. The predicted molar refractivity (Wildman–Crippen MR) is 140 cm³/mol. The number of allylic oxidation sites excluding steroid dienone is 3. The molecule has 0 radical (unpaired) electrons. The number of rotatable bonds is 8. The molecule has 1 N–H and O–H groups in total. The van der Waals surface area contributed by atoms with E-state index in [4.69, 9.17) is 0 Å². The molecule has 2 atom stereocenters. The van der Waals surface area contributed by atoms with Gasteiger partial charge in [-0.3, -0.25) is 9.69 Å². The summed E-state index contributed by atoms with van der Waals surface area (Å²) in [6.45, 7) is 10.1. The molecule has 0 aromatic heterocycles. The van der Waals surface area contributed by atoms with Crippen LogP contribution in [-0.4, -0.2) is 47.6 Å². The largest absolute Gasteiger partial charge is 0.393 e. The van der Waals surface area contributed by atoms with Crippen molar-refractivity contribution in [3.8, 4) is 0 Å². The Morgan fingerprint density at radius 1 is 0.973 bits per heavy atom. The standard InChI is InChI=1S/C30H36F3N3O/c1-21(15-23(3)34-27-13-14-35(20-27)18-25-7-5-4-6-8-25)28-22(2)17-36(29(28)37)19-26-11-9-24(10-12-26)16-30(31,32)33/h4-12,15,22,27,34H,13-14,16-20H2,1-3H3/b23-15+,28-21+. The molecular formula is C30H36F3N3O. The van der Waals surface area contributed by atoms with Gasteiger partial charge in [-0.05, 0) is 48.6 Å². The second kappa shape index (κ2) is 11.5. The molecule has 198 valence electrons. The summed E-state index contributed by atoms with van der Waals surface area (Å²) in [4.78, 5) is 17.5. The van der Waals surface area contributed by atoms with E-state index in [1.807, 2.05) is 19.9 Å². The Kier molecular flexibility index (Phi) is 8.42. The van der Waals surface area contributed by atoms with Crippen LogP contribution < -0.4 is 5.32 Å². The lowest BCUT2D eigenvalue weighted by Gasteiger charge is -2.18. The van der Waals surface area contributed by atoms with Crippen LogP contribution in [0, 0.1) is 5.92 Å². The molecule has 2 unspecified atom stereocenters. The van der Waals surface area contributed by atoms with Crippen molar-refractivity contribution in [3.05, 3.63) is 94.2 Å². The lowest BCUT2D eigenvalue weighted by Crippen LogP contribution is -2.31. The van der Waals surface area contributed by atoms with Crippen LogP contribution >= 0.6 is 0 Å². The van der Waals surface area contributed by atoms with Gasteiger partial charge >= 0.3 is 6.18 Å². The molecule has 2 aromatic rings. The molecule has 2 saturated heterocycles. The topological polar surface area (TPSA) is 35.6 Å². The highest BCUT2D eigenvalue weighted by Gasteiger charge is 2.33. The van der Waals surface area contributed by atoms with E-state index < -0.39 is 12.6 Å². The first-order valence-electron chi connectivity index (χ1n) is 12.9. The summed E-state index contributed by atoms with van der Waals surface area (Å²) >= 11 is 0. The molecule has 0 bridgehead atoms. The molecule has 2 aromatic carbocycles. The minimum Gasteiger partial charge on any atom is -0.384 e. The van der Waals surface area contributed by atoms with Crippen molar-refractivity contribution < 1.29 is 18.0 Å². The summed E-state index contributed by atoms with van der Waals surface area (Å²) in [5, 5.41) is 3.63. The first kappa shape index (κ1) is 27.0. The zero-order chi connectivity index (χ0) is 26.6. The Morgan fingerprint density at radius 2 is 1.62 bits per heavy atom. The Labute approximate surface area is 217 Å². The van der Waals surface area contributed by atoms with Crippen molar-refractivity contribution in [2.24, 2.45) is 5.92 Å². The molecule has 2 aliphatic rings. The monoisotopic (exact) mass is 511 g/mol. The van der Waals surface area contributed by atoms with Crippen molar-refractivity contribution in [1.82, 2.24) is 15.1 Å². The van der Waals surface area contributed by atoms with Crippen LogP contribution in [-0.2, 0) is 24.3 Å². The van der Waals surface area contributed by atoms with Crippen LogP contribution in [0.2, 0.25) is 0 Å². The molecule has 0 aliphatic carbocycles. The number of halogens is 3. The highest BCUT2D eigenvalue weighted by atomic mass is 19.4. The minimum absolute atomic E-state index is 0.00307. The van der Waals surface area contributed by atoms with Gasteiger partial charge in [0, 0.05) is 56.0 Å². The second-order valence-electron chi connectivity index (χ2n) is 10.5. The van der Waals surface area contributed by atoms with Gasteiger partial charge in [0.05, 0.1) is 6.42 Å². The molecule has 2 aliphatic heterocycles. The van der Waals surface area contributed by atoms with Crippen molar-refractivity contribution in [3.63, 3.8) is 0 Å². The smallest absolute Gasteiger partial charge is 0.384 e. The first-order valence-corrected chi connectivity index (χ1v) is 12.9. The summed E-state index contributed by atoms with van der Waals surface area (Å²) in [6.07, 6.45) is -2.01. The Bertz CT molecular complexity index is 1140. The van der Waals surface area contributed by atoms with E-state index in [-0.39, 0.29) is 17.4 Å². The molecule has 7 heteroatoms.